The lowest BCUT2D eigenvalue weighted by Crippen LogP contribution is -2.29. The van der Waals surface area contributed by atoms with Gasteiger partial charge in [0.05, 0.1) is 5.69 Å². The summed E-state index contributed by atoms with van der Waals surface area (Å²) in [6.07, 6.45) is 4.25. The lowest BCUT2D eigenvalue weighted by Gasteiger charge is -2.23. The van der Waals surface area contributed by atoms with Gasteiger partial charge in [0.1, 0.15) is 0 Å². The molecule has 0 spiro atoms. The van der Waals surface area contributed by atoms with Crippen LogP contribution in [-0.2, 0) is 6.42 Å². The number of aryl methyl sites for hydroxylation is 2. The molecule has 1 amide bonds. The van der Waals surface area contributed by atoms with E-state index in [0.29, 0.717) is 12.5 Å². The molecule has 3 rings (SSSR count). The van der Waals surface area contributed by atoms with Crippen molar-refractivity contribution in [3.05, 3.63) is 52.3 Å². The number of aromatic nitrogens is 2. The average molecular weight is 340 g/mol. The van der Waals surface area contributed by atoms with Crippen LogP contribution in [0.2, 0.25) is 0 Å². The smallest absolute Gasteiger partial charge is 0.251 e. The molecule has 1 saturated heterocycles. The van der Waals surface area contributed by atoms with E-state index in [4.69, 9.17) is 0 Å². The fourth-order valence-electron chi connectivity index (χ4n) is 3.58. The monoisotopic (exact) mass is 340 g/mol. The van der Waals surface area contributed by atoms with Gasteiger partial charge in [0.2, 0.25) is 0 Å². The van der Waals surface area contributed by atoms with Gasteiger partial charge in [-0.2, -0.15) is 5.10 Å². The lowest BCUT2D eigenvalue weighted by molar-refractivity contribution is 0.0953. The summed E-state index contributed by atoms with van der Waals surface area (Å²) in [5.41, 5.74) is 5.47. The molecule has 1 aliphatic rings. The van der Waals surface area contributed by atoms with E-state index < -0.39 is 0 Å². The molecular weight excluding hydrogens is 312 g/mol. The van der Waals surface area contributed by atoms with Gasteiger partial charge >= 0.3 is 0 Å². The third-order valence-corrected chi connectivity index (χ3v) is 5.09. The summed E-state index contributed by atoms with van der Waals surface area (Å²) >= 11 is 0. The SMILES string of the molecule is Cc1n[nH]c(C)c1CCCNC(=O)c1cccc([C@@H]2CCCNC2)c1. The van der Waals surface area contributed by atoms with Gasteiger partial charge in [0.25, 0.3) is 5.91 Å². The van der Waals surface area contributed by atoms with E-state index in [1.165, 1.54) is 24.0 Å². The molecule has 0 saturated carbocycles. The first-order valence-electron chi connectivity index (χ1n) is 9.24. The summed E-state index contributed by atoms with van der Waals surface area (Å²) in [6, 6.07) is 8.09. The molecule has 2 heterocycles. The van der Waals surface area contributed by atoms with E-state index in [1.54, 1.807) is 0 Å². The van der Waals surface area contributed by atoms with E-state index in [9.17, 15) is 4.79 Å². The van der Waals surface area contributed by atoms with E-state index in [1.807, 2.05) is 26.0 Å². The van der Waals surface area contributed by atoms with Crippen molar-refractivity contribution in [1.82, 2.24) is 20.8 Å². The number of carbonyl (C=O) groups is 1. The highest BCUT2D eigenvalue weighted by Crippen LogP contribution is 2.23. The molecule has 2 aromatic rings. The molecule has 25 heavy (non-hydrogen) atoms. The van der Waals surface area contributed by atoms with Gasteiger partial charge < -0.3 is 10.6 Å². The van der Waals surface area contributed by atoms with E-state index >= 15 is 0 Å². The fourth-order valence-corrected chi connectivity index (χ4v) is 3.58. The molecule has 0 aliphatic carbocycles. The highest BCUT2D eigenvalue weighted by Gasteiger charge is 2.16. The molecule has 0 radical (unpaired) electrons. The van der Waals surface area contributed by atoms with Crippen LogP contribution in [0.3, 0.4) is 0 Å². The van der Waals surface area contributed by atoms with Crippen LogP contribution in [0.25, 0.3) is 0 Å². The summed E-state index contributed by atoms with van der Waals surface area (Å²) in [5, 5.41) is 13.7. The highest BCUT2D eigenvalue weighted by atomic mass is 16.1. The maximum absolute atomic E-state index is 12.4. The van der Waals surface area contributed by atoms with Crippen LogP contribution in [-0.4, -0.2) is 35.7 Å². The highest BCUT2D eigenvalue weighted by molar-refractivity contribution is 5.94. The van der Waals surface area contributed by atoms with Gasteiger partial charge in [-0.05, 0) is 75.3 Å². The Bertz CT molecular complexity index is 697. The third kappa shape index (κ3) is 4.48. The van der Waals surface area contributed by atoms with Crippen molar-refractivity contribution in [3.63, 3.8) is 0 Å². The molecule has 1 atom stereocenters. The standard InChI is InChI=1S/C20H28N4O/c1-14-19(15(2)24-23-14)9-5-11-22-20(25)17-7-3-6-16(12-17)18-8-4-10-21-13-18/h3,6-7,12,18,21H,4-5,8-11,13H2,1-2H3,(H,22,25)(H,23,24)/t18-/m1/s1. The zero-order valence-corrected chi connectivity index (χ0v) is 15.2. The minimum absolute atomic E-state index is 0.0197. The topological polar surface area (TPSA) is 69.8 Å². The number of rotatable bonds is 6. The Hall–Kier alpha value is -2.14. The Labute approximate surface area is 149 Å². The number of nitrogens with one attached hydrogen (secondary N) is 3. The van der Waals surface area contributed by atoms with Gasteiger partial charge in [-0.15, -0.1) is 0 Å². The first-order valence-corrected chi connectivity index (χ1v) is 9.24. The maximum atomic E-state index is 12.4. The second-order valence-corrected chi connectivity index (χ2v) is 6.94. The Kier molecular flexibility index (Phi) is 5.87. The van der Waals surface area contributed by atoms with Crippen LogP contribution in [0.5, 0.6) is 0 Å². The van der Waals surface area contributed by atoms with Gasteiger partial charge in [0, 0.05) is 24.3 Å². The molecule has 0 bridgehead atoms. The van der Waals surface area contributed by atoms with Gasteiger partial charge in [-0.3, -0.25) is 9.89 Å². The summed E-state index contributed by atoms with van der Waals surface area (Å²) in [4.78, 5) is 12.4. The Morgan fingerprint density at radius 3 is 2.96 bits per heavy atom. The molecule has 5 nitrogen and oxygen atoms in total. The molecule has 1 aliphatic heterocycles. The minimum Gasteiger partial charge on any atom is -0.352 e. The molecule has 134 valence electrons. The number of carbonyl (C=O) groups excluding carboxylic acids is 1. The molecule has 1 aromatic carbocycles. The van der Waals surface area contributed by atoms with Crippen LogP contribution < -0.4 is 10.6 Å². The Morgan fingerprint density at radius 1 is 1.36 bits per heavy atom. The van der Waals surface area contributed by atoms with Crippen molar-refractivity contribution in [2.45, 2.75) is 45.4 Å². The van der Waals surface area contributed by atoms with Crippen molar-refractivity contribution in [2.24, 2.45) is 0 Å². The van der Waals surface area contributed by atoms with Crippen molar-refractivity contribution in [2.75, 3.05) is 19.6 Å². The number of aromatic amines is 1. The summed E-state index contributed by atoms with van der Waals surface area (Å²) in [5.74, 6) is 0.541. The largest absolute Gasteiger partial charge is 0.352 e. The van der Waals surface area contributed by atoms with Crippen LogP contribution in [0.1, 0.15) is 58.1 Å². The normalized spacial score (nSPS) is 17.4. The number of H-pyrrole nitrogens is 1. The molecular formula is C20H28N4O. The number of hydrogen-bond donors (Lipinski definition) is 3. The molecule has 1 aromatic heterocycles. The zero-order chi connectivity index (χ0) is 17.6. The van der Waals surface area contributed by atoms with Crippen LogP contribution in [0, 0.1) is 13.8 Å². The zero-order valence-electron chi connectivity index (χ0n) is 15.2. The van der Waals surface area contributed by atoms with Crippen molar-refractivity contribution in [1.29, 1.82) is 0 Å². The predicted molar refractivity (Wildman–Crippen MR) is 100 cm³/mol. The van der Waals surface area contributed by atoms with Crippen LogP contribution in [0.15, 0.2) is 24.3 Å². The molecule has 0 unspecified atom stereocenters. The number of benzene rings is 1. The van der Waals surface area contributed by atoms with E-state index in [0.717, 1.165) is 42.9 Å². The van der Waals surface area contributed by atoms with Gasteiger partial charge in [-0.1, -0.05) is 12.1 Å². The summed E-state index contributed by atoms with van der Waals surface area (Å²) < 4.78 is 0. The summed E-state index contributed by atoms with van der Waals surface area (Å²) in [6.45, 7) is 6.85. The van der Waals surface area contributed by atoms with Crippen molar-refractivity contribution >= 4 is 5.91 Å². The first kappa shape index (κ1) is 17.7. The van der Waals surface area contributed by atoms with Crippen LogP contribution in [0.4, 0.5) is 0 Å². The Morgan fingerprint density at radius 2 is 2.24 bits per heavy atom. The predicted octanol–water partition coefficient (Wildman–Crippen LogP) is 2.86. The number of piperidine rings is 1. The number of hydrogen-bond acceptors (Lipinski definition) is 3. The molecule has 3 N–H and O–H groups in total. The molecule has 1 fully saturated rings. The minimum atomic E-state index is 0.0197. The van der Waals surface area contributed by atoms with Crippen molar-refractivity contribution in [3.8, 4) is 0 Å². The number of nitrogens with zero attached hydrogens (tertiary/aromatic N) is 1. The second kappa shape index (κ2) is 8.30. The first-order chi connectivity index (χ1) is 12.1. The van der Waals surface area contributed by atoms with Crippen LogP contribution >= 0.6 is 0 Å². The number of amides is 1. The third-order valence-electron chi connectivity index (χ3n) is 5.09. The second-order valence-electron chi connectivity index (χ2n) is 6.94. The fraction of sp³-hybridized carbons (Fsp3) is 0.500. The van der Waals surface area contributed by atoms with Crippen molar-refractivity contribution < 1.29 is 4.79 Å². The average Bonchev–Trinajstić information content (AvgIpc) is 2.97. The summed E-state index contributed by atoms with van der Waals surface area (Å²) in [7, 11) is 0. The molecule has 5 heteroatoms. The maximum Gasteiger partial charge on any atom is 0.251 e. The lowest BCUT2D eigenvalue weighted by atomic mass is 9.90. The van der Waals surface area contributed by atoms with Gasteiger partial charge in [-0.25, -0.2) is 0 Å². The quantitative estimate of drug-likeness (QED) is 0.708. The van der Waals surface area contributed by atoms with Gasteiger partial charge in [0.15, 0.2) is 0 Å². The Balaban J connectivity index is 1.51. The van der Waals surface area contributed by atoms with E-state index in [2.05, 4.69) is 33.0 Å². The van der Waals surface area contributed by atoms with E-state index in [-0.39, 0.29) is 5.91 Å².